The Labute approximate surface area is 103 Å². The van der Waals surface area contributed by atoms with Crippen LogP contribution in [0.15, 0.2) is 42.6 Å². The van der Waals surface area contributed by atoms with E-state index < -0.39 is 0 Å². The van der Waals surface area contributed by atoms with Crippen LogP contribution in [0.1, 0.15) is 29.8 Å². The molecule has 1 N–H and O–H groups in total. The van der Waals surface area contributed by atoms with Gasteiger partial charge in [-0.05, 0) is 50.1 Å². The monoisotopic (exact) mass is 226 g/mol. The van der Waals surface area contributed by atoms with Crippen LogP contribution in [0.4, 0.5) is 5.69 Å². The quantitative estimate of drug-likeness (QED) is 0.859. The molecule has 0 saturated carbocycles. The molecule has 17 heavy (non-hydrogen) atoms. The molecule has 1 heterocycles. The van der Waals surface area contributed by atoms with E-state index in [9.17, 15) is 0 Å². The van der Waals surface area contributed by atoms with Gasteiger partial charge in [-0.25, -0.2) is 0 Å². The number of rotatable bonds is 3. The van der Waals surface area contributed by atoms with Gasteiger partial charge in [0.15, 0.2) is 0 Å². The molecule has 0 spiro atoms. The smallest absolute Gasteiger partial charge is 0.0657 e. The lowest BCUT2D eigenvalue weighted by Gasteiger charge is -2.17. The van der Waals surface area contributed by atoms with Crippen molar-refractivity contribution in [3.63, 3.8) is 0 Å². The highest BCUT2D eigenvalue weighted by Gasteiger charge is 2.07. The summed E-state index contributed by atoms with van der Waals surface area (Å²) in [6.45, 7) is 6.40. The van der Waals surface area contributed by atoms with E-state index in [1.807, 2.05) is 24.4 Å². The number of benzene rings is 1. The topological polar surface area (TPSA) is 24.9 Å². The summed E-state index contributed by atoms with van der Waals surface area (Å²) in [6.07, 6.45) is 1.83. The number of hydrogen-bond donors (Lipinski definition) is 1. The van der Waals surface area contributed by atoms with Crippen molar-refractivity contribution >= 4 is 5.69 Å². The van der Waals surface area contributed by atoms with E-state index in [0.29, 0.717) is 0 Å². The summed E-state index contributed by atoms with van der Waals surface area (Å²) in [7, 11) is 0. The SMILES string of the molecule is Cc1cccc(NC(C)c2ccccn2)c1C. The first-order valence-corrected chi connectivity index (χ1v) is 5.92. The van der Waals surface area contributed by atoms with Gasteiger partial charge in [0.1, 0.15) is 0 Å². The fourth-order valence-corrected chi connectivity index (χ4v) is 1.85. The molecule has 1 atom stereocenters. The maximum Gasteiger partial charge on any atom is 0.0657 e. The summed E-state index contributed by atoms with van der Waals surface area (Å²) < 4.78 is 0. The molecule has 0 aliphatic carbocycles. The standard InChI is InChI=1S/C15H18N2/c1-11-7-6-9-14(12(11)2)17-13(3)15-8-4-5-10-16-15/h4-10,13,17H,1-3H3. The van der Waals surface area contributed by atoms with Crippen molar-refractivity contribution < 1.29 is 0 Å². The number of nitrogens with one attached hydrogen (secondary N) is 1. The molecule has 1 aromatic heterocycles. The van der Waals surface area contributed by atoms with Gasteiger partial charge in [0, 0.05) is 11.9 Å². The van der Waals surface area contributed by atoms with Crippen LogP contribution >= 0.6 is 0 Å². The molecule has 0 bridgehead atoms. The Balaban J connectivity index is 2.19. The summed E-state index contributed by atoms with van der Waals surface area (Å²) in [5, 5.41) is 3.50. The first-order chi connectivity index (χ1) is 8.18. The number of aromatic nitrogens is 1. The van der Waals surface area contributed by atoms with E-state index in [-0.39, 0.29) is 6.04 Å². The zero-order valence-corrected chi connectivity index (χ0v) is 10.6. The Morgan fingerprint density at radius 1 is 1.06 bits per heavy atom. The Morgan fingerprint density at radius 2 is 1.88 bits per heavy atom. The fraction of sp³-hybridized carbons (Fsp3) is 0.267. The lowest BCUT2D eigenvalue weighted by Crippen LogP contribution is -2.09. The molecule has 0 saturated heterocycles. The molecule has 2 aromatic rings. The predicted octanol–water partition coefficient (Wildman–Crippen LogP) is 3.87. The average molecular weight is 226 g/mol. The van der Waals surface area contributed by atoms with Crippen molar-refractivity contribution in [2.45, 2.75) is 26.8 Å². The molecule has 2 nitrogen and oxygen atoms in total. The molecular formula is C15H18N2. The van der Waals surface area contributed by atoms with Crippen molar-refractivity contribution in [2.75, 3.05) is 5.32 Å². The van der Waals surface area contributed by atoms with E-state index in [2.05, 4.69) is 49.3 Å². The van der Waals surface area contributed by atoms with Crippen LogP contribution in [-0.4, -0.2) is 4.98 Å². The second-order valence-electron chi connectivity index (χ2n) is 4.37. The highest BCUT2D eigenvalue weighted by atomic mass is 14.9. The van der Waals surface area contributed by atoms with Crippen LogP contribution in [0.5, 0.6) is 0 Å². The molecule has 0 aliphatic heterocycles. The third kappa shape index (κ3) is 2.64. The maximum atomic E-state index is 4.36. The summed E-state index contributed by atoms with van der Waals surface area (Å²) >= 11 is 0. The van der Waals surface area contributed by atoms with Gasteiger partial charge < -0.3 is 5.32 Å². The summed E-state index contributed by atoms with van der Waals surface area (Å²) in [4.78, 5) is 4.36. The third-order valence-electron chi connectivity index (χ3n) is 3.11. The van der Waals surface area contributed by atoms with Crippen molar-refractivity contribution in [2.24, 2.45) is 0 Å². The lowest BCUT2D eigenvalue weighted by atomic mass is 10.1. The molecule has 1 aromatic carbocycles. The van der Waals surface area contributed by atoms with Crippen LogP contribution in [0.2, 0.25) is 0 Å². The zero-order chi connectivity index (χ0) is 12.3. The van der Waals surface area contributed by atoms with E-state index in [0.717, 1.165) is 5.69 Å². The molecular weight excluding hydrogens is 208 g/mol. The van der Waals surface area contributed by atoms with E-state index in [1.165, 1.54) is 16.8 Å². The Bertz CT molecular complexity index is 492. The number of aryl methyl sites for hydroxylation is 1. The van der Waals surface area contributed by atoms with Crippen LogP contribution in [-0.2, 0) is 0 Å². The van der Waals surface area contributed by atoms with Crippen LogP contribution in [0.25, 0.3) is 0 Å². The van der Waals surface area contributed by atoms with Gasteiger partial charge in [-0.3, -0.25) is 4.98 Å². The highest BCUT2D eigenvalue weighted by molar-refractivity contribution is 5.54. The Hall–Kier alpha value is -1.83. The van der Waals surface area contributed by atoms with E-state index >= 15 is 0 Å². The molecule has 0 radical (unpaired) electrons. The molecule has 2 heteroatoms. The minimum Gasteiger partial charge on any atom is -0.377 e. The first-order valence-electron chi connectivity index (χ1n) is 5.92. The number of hydrogen-bond acceptors (Lipinski definition) is 2. The molecule has 0 amide bonds. The predicted molar refractivity (Wildman–Crippen MR) is 72.2 cm³/mol. The van der Waals surface area contributed by atoms with E-state index in [4.69, 9.17) is 0 Å². The normalized spacial score (nSPS) is 12.2. The van der Waals surface area contributed by atoms with Gasteiger partial charge in [-0.2, -0.15) is 0 Å². The van der Waals surface area contributed by atoms with Crippen molar-refractivity contribution in [1.29, 1.82) is 0 Å². The minimum absolute atomic E-state index is 0.219. The second kappa shape index (κ2) is 5.00. The molecule has 0 aliphatic rings. The summed E-state index contributed by atoms with van der Waals surface area (Å²) in [5.41, 5.74) is 4.86. The first kappa shape index (κ1) is 11.6. The van der Waals surface area contributed by atoms with Gasteiger partial charge in [-0.1, -0.05) is 18.2 Å². The fourth-order valence-electron chi connectivity index (χ4n) is 1.85. The van der Waals surface area contributed by atoms with Crippen molar-refractivity contribution in [1.82, 2.24) is 4.98 Å². The van der Waals surface area contributed by atoms with E-state index in [1.54, 1.807) is 0 Å². The zero-order valence-electron chi connectivity index (χ0n) is 10.6. The van der Waals surface area contributed by atoms with Gasteiger partial charge in [0.25, 0.3) is 0 Å². The second-order valence-corrected chi connectivity index (χ2v) is 4.37. The Kier molecular flexibility index (Phi) is 3.43. The Morgan fingerprint density at radius 3 is 2.59 bits per heavy atom. The molecule has 1 unspecified atom stereocenters. The maximum absolute atomic E-state index is 4.36. The molecule has 2 rings (SSSR count). The summed E-state index contributed by atoms with van der Waals surface area (Å²) in [6, 6.07) is 12.5. The van der Waals surface area contributed by atoms with Crippen molar-refractivity contribution in [3.8, 4) is 0 Å². The van der Waals surface area contributed by atoms with Crippen LogP contribution in [0.3, 0.4) is 0 Å². The van der Waals surface area contributed by atoms with Gasteiger partial charge >= 0.3 is 0 Å². The third-order valence-corrected chi connectivity index (χ3v) is 3.11. The van der Waals surface area contributed by atoms with Crippen molar-refractivity contribution in [3.05, 3.63) is 59.4 Å². The molecule has 0 fully saturated rings. The largest absolute Gasteiger partial charge is 0.377 e. The number of anilines is 1. The highest BCUT2D eigenvalue weighted by Crippen LogP contribution is 2.22. The molecule has 88 valence electrons. The van der Waals surface area contributed by atoms with Gasteiger partial charge in [-0.15, -0.1) is 0 Å². The van der Waals surface area contributed by atoms with Crippen LogP contribution in [0, 0.1) is 13.8 Å². The summed E-state index contributed by atoms with van der Waals surface area (Å²) in [5.74, 6) is 0. The number of nitrogens with zero attached hydrogens (tertiary/aromatic N) is 1. The number of pyridine rings is 1. The van der Waals surface area contributed by atoms with Gasteiger partial charge in [0.2, 0.25) is 0 Å². The van der Waals surface area contributed by atoms with Crippen LogP contribution < -0.4 is 5.32 Å². The lowest BCUT2D eigenvalue weighted by molar-refractivity contribution is 0.837. The average Bonchev–Trinajstić information content (AvgIpc) is 2.36. The van der Waals surface area contributed by atoms with Gasteiger partial charge in [0.05, 0.1) is 11.7 Å². The minimum atomic E-state index is 0.219.